The first-order chi connectivity index (χ1) is 16.9. The van der Waals surface area contributed by atoms with E-state index in [4.69, 9.17) is 34.8 Å². The molecule has 0 amide bonds. The van der Waals surface area contributed by atoms with Crippen molar-refractivity contribution in [3.05, 3.63) is 57.5 Å². The van der Waals surface area contributed by atoms with Crippen LogP contribution in [0.1, 0.15) is 39.0 Å². The molecule has 1 atom stereocenters. The molecule has 0 bridgehead atoms. The third kappa shape index (κ3) is 8.23. The van der Waals surface area contributed by atoms with Crippen LogP contribution in [0.15, 0.2) is 47.4 Å². The number of sulfone groups is 1. The quantitative estimate of drug-likeness (QED) is 0.291. The molecule has 0 aromatic heterocycles. The van der Waals surface area contributed by atoms with Crippen LogP contribution in [0.25, 0.3) is 0 Å². The minimum atomic E-state index is -3.92. The van der Waals surface area contributed by atoms with Gasteiger partial charge in [0.25, 0.3) is 10.0 Å². The zero-order valence-corrected chi connectivity index (χ0v) is 24.4. The molecule has 0 spiro atoms. The highest BCUT2D eigenvalue weighted by atomic mass is 35.5. The summed E-state index contributed by atoms with van der Waals surface area (Å²) in [5, 5.41) is 1.16. The lowest BCUT2D eigenvalue weighted by atomic mass is 9.98. The highest BCUT2D eigenvalue weighted by Gasteiger charge is 2.31. The molecule has 200 valence electrons. The van der Waals surface area contributed by atoms with E-state index in [9.17, 15) is 16.8 Å². The van der Waals surface area contributed by atoms with Crippen molar-refractivity contribution in [2.75, 3.05) is 35.9 Å². The molecule has 1 aliphatic rings. The summed E-state index contributed by atoms with van der Waals surface area (Å²) < 4.78 is 51.8. The van der Waals surface area contributed by atoms with Gasteiger partial charge in [-0.25, -0.2) is 16.8 Å². The Kier molecular flexibility index (Phi) is 10.4. The van der Waals surface area contributed by atoms with Crippen molar-refractivity contribution in [1.29, 1.82) is 0 Å². The zero-order chi connectivity index (χ0) is 26.5. The molecule has 1 aliphatic heterocycles. The first-order valence-corrected chi connectivity index (χ1v) is 16.7. The molecule has 0 aliphatic carbocycles. The van der Waals surface area contributed by atoms with Gasteiger partial charge in [-0.2, -0.15) is 0 Å². The van der Waals surface area contributed by atoms with Crippen molar-refractivity contribution in [2.45, 2.75) is 50.0 Å². The second-order valence-electron chi connectivity index (χ2n) is 9.57. The average Bonchev–Trinajstić information content (AvgIpc) is 2.79. The summed E-state index contributed by atoms with van der Waals surface area (Å²) >= 11 is 18.6. The molecule has 36 heavy (non-hydrogen) atoms. The Morgan fingerprint density at radius 3 is 2.17 bits per heavy atom. The summed E-state index contributed by atoms with van der Waals surface area (Å²) in [7, 11) is -6.86. The predicted molar refractivity (Wildman–Crippen MR) is 150 cm³/mol. The van der Waals surface area contributed by atoms with Crippen LogP contribution in [-0.4, -0.2) is 59.4 Å². The smallest absolute Gasteiger partial charge is 0.264 e. The molecule has 3 rings (SSSR count). The van der Waals surface area contributed by atoms with Gasteiger partial charge < -0.3 is 4.90 Å². The van der Waals surface area contributed by atoms with Crippen molar-refractivity contribution >= 4 is 60.4 Å². The van der Waals surface area contributed by atoms with Crippen LogP contribution in [0.3, 0.4) is 0 Å². The normalized spacial score (nSPS) is 16.7. The van der Waals surface area contributed by atoms with Crippen molar-refractivity contribution in [1.82, 2.24) is 4.90 Å². The van der Waals surface area contributed by atoms with E-state index in [2.05, 4.69) is 4.90 Å². The third-order valence-corrected chi connectivity index (χ3v) is 10.3. The average molecular weight is 596 g/mol. The first kappa shape index (κ1) is 29.5. The second-order valence-corrected chi connectivity index (χ2v) is 14.9. The fourth-order valence-corrected chi connectivity index (χ4v) is 8.11. The van der Waals surface area contributed by atoms with E-state index in [-0.39, 0.29) is 22.6 Å². The molecule has 0 radical (unpaired) electrons. The zero-order valence-electron chi connectivity index (χ0n) is 20.5. The van der Waals surface area contributed by atoms with Crippen LogP contribution in [0.2, 0.25) is 15.1 Å². The Morgan fingerprint density at radius 1 is 0.944 bits per heavy atom. The van der Waals surface area contributed by atoms with Gasteiger partial charge in [-0.3, -0.25) is 4.31 Å². The molecular formula is C25H33Cl3N2O4S2. The third-order valence-electron chi connectivity index (χ3n) is 6.51. The van der Waals surface area contributed by atoms with E-state index in [1.54, 1.807) is 30.3 Å². The maximum atomic E-state index is 13.7. The van der Waals surface area contributed by atoms with Crippen LogP contribution in [0.4, 0.5) is 5.69 Å². The molecule has 0 saturated carbocycles. The van der Waals surface area contributed by atoms with E-state index in [0.29, 0.717) is 27.2 Å². The Labute approximate surface area is 230 Å². The van der Waals surface area contributed by atoms with Crippen LogP contribution in [0, 0.1) is 5.92 Å². The monoisotopic (exact) mass is 594 g/mol. The summed E-state index contributed by atoms with van der Waals surface area (Å²) in [5.74, 6) is 0.507. The Balaban J connectivity index is 1.65. The van der Waals surface area contributed by atoms with Gasteiger partial charge in [0.1, 0.15) is 9.84 Å². The van der Waals surface area contributed by atoms with Crippen LogP contribution in [0.5, 0.6) is 0 Å². The number of likely N-dealkylation sites (tertiary alicyclic amines) is 1. The van der Waals surface area contributed by atoms with Crippen molar-refractivity contribution in [3.8, 4) is 0 Å². The fourth-order valence-electron chi connectivity index (χ4n) is 4.68. The van der Waals surface area contributed by atoms with E-state index in [0.717, 1.165) is 45.3 Å². The molecule has 1 fully saturated rings. The molecule has 0 unspecified atom stereocenters. The minimum Gasteiger partial charge on any atom is -0.303 e. The van der Waals surface area contributed by atoms with Gasteiger partial charge >= 0.3 is 0 Å². The molecule has 2 aromatic carbocycles. The number of benzene rings is 2. The molecule has 0 N–H and O–H groups in total. The van der Waals surface area contributed by atoms with E-state index >= 15 is 0 Å². The minimum absolute atomic E-state index is 0.131. The number of anilines is 1. The summed E-state index contributed by atoms with van der Waals surface area (Å²) in [6, 6.07) is 10.5. The number of rotatable bonds is 11. The van der Waals surface area contributed by atoms with Gasteiger partial charge in [-0.1, -0.05) is 41.2 Å². The topological polar surface area (TPSA) is 74.8 Å². The summed E-state index contributed by atoms with van der Waals surface area (Å²) in [4.78, 5) is 2.49. The molecule has 6 nitrogen and oxygen atoms in total. The molecular weight excluding hydrogens is 563 g/mol. The van der Waals surface area contributed by atoms with Crippen LogP contribution < -0.4 is 4.31 Å². The van der Waals surface area contributed by atoms with Crippen molar-refractivity contribution in [2.24, 2.45) is 5.92 Å². The lowest BCUT2D eigenvalue weighted by Crippen LogP contribution is -2.39. The number of nitrogens with zero attached hydrogens (tertiary/aromatic N) is 2. The highest BCUT2D eigenvalue weighted by molar-refractivity contribution is 7.93. The van der Waals surface area contributed by atoms with E-state index in [1.165, 1.54) is 22.7 Å². The number of hydrogen-bond donors (Lipinski definition) is 0. The summed E-state index contributed by atoms with van der Waals surface area (Å²) in [6.45, 7) is 4.57. The Bertz CT molecular complexity index is 1230. The SMILES string of the molecule is C[C@H](CCCCN1CCC(CS(C)(=O)=O)CC1)N(c1cc(Cl)ccc1Cl)S(=O)(=O)c1ccc(Cl)cc1. The molecule has 2 aromatic rings. The second kappa shape index (κ2) is 12.7. The van der Waals surface area contributed by atoms with Gasteiger partial charge in [0.05, 0.1) is 21.4 Å². The van der Waals surface area contributed by atoms with Gasteiger partial charge in [0.2, 0.25) is 0 Å². The van der Waals surface area contributed by atoms with E-state index in [1.807, 2.05) is 6.92 Å². The number of unbranched alkanes of at least 4 members (excludes halogenated alkanes) is 1. The Morgan fingerprint density at radius 2 is 1.56 bits per heavy atom. The van der Waals surface area contributed by atoms with Crippen LogP contribution >= 0.6 is 34.8 Å². The summed E-state index contributed by atoms with van der Waals surface area (Å²) in [6.07, 6.45) is 5.47. The number of sulfonamides is 1. The maximum absolute atomic E-state index is 13.7. The van der Waals surface area contributed by atoms with Crippen molar-refractivity contribution in [3.63, 3.8) is 0 Å². The number of halogens is 3. The van der Waals surface area contributed by atoms with Crippen LogP contribution in [-0.2, 0) is 19.9 Å². The predicted octanol–water partition coefficient (Wildman–Crippen LogP) is 6.16. The maximum Gasteiger partial charge on any atom is 0.264 e. The number of piperidine rings is 1. The Hall–Kier alpha value is -1.03. The van der Waals surface area contributed by atoms with Crippen molar-refractivity contribution < 1.29 is 16.8 Å². The molecule has 11 heteroatoms. The van der Waals surface area contributed by atoms with Gasteiger partial charge in [0, 0.05) is 22.3 Å². The molecule has 1 heterocycles. The standard InChI is InChI=1S/C25H33Cl3N2O4S2/c1-19(5-3-4-14-29-15-12-20(13-16-29)18-35(2,31)32)30(25-17-22(27)8-11-24(25)28)36(33,34)23-9-6-21(26)7-10-23/h6-11,17,19-20H,3-5,12-16,18H2,1-2H3/t19-/m1/s1. The lowest BCUT2D eigenvalue weighted by molar-refractivity contribution is 0.190. The summed E-state index contributed by atoms with van der Waals surface area (Å²) in [5.41, 5.74) is 0.347. The highest BCUT2D eigenvalue weighted by Crippen LogP contribution is 2.35. The van der Waals surface area contributed by atoms with Gasteiger partial charge in [0.15, 0.2) is 0 Å². The molecule has 1 saturated heterocycles. The fraction of sp³-hybridized carbons (Fsp3) is 0.520. The van der Waals surface area contributed by atoms with E-state index < -0.39 is 19.9 Å². The lowest BCUT2D eigenvalue weighted by Gasteiger charge is -2.33. The van der Waals surface area contributed by atoms with Gasteiger partial charge in [-0.15, -0.1) is 0 Å². The first-order valence-electron chi connectivity index (χ1n) is 12.0. The number of hydrogen-bond acceptors (Lipinski definition) is 5. The van der Waals surface area contributed by atoms with Gasteiger partial charge in [-0.05, 0) is 101 Å². The largest absolute Gasteiger partial charge is 0.303 e.